The molecule has 0 aliphatic rings. The first-order valence-electron chi connectivity index (χ1n) is 6.79. The van der Waals surface area contributed by atoms with Gasteiger partial charge in [-0.05, 0) is 20.8 Å². The lowest BCUT2D eigenvalue weighted by atomic mass is 9.93. The lowest BCUT2D eigenvalue weighted by molar-refractivity contribution is -0.125. The van der Waals surface area contributed by atoms with E-state index in [0.717, 1.165) is 23.0 Å². The molecule has 0 atom stereocenters. The van der Waals surface area contributed by atoms with Crippen LogP contribution in [0.4, 0.5) is 11.6 Å². The van der Waals surface area contributed by atoms with Crippen molar-refractivity contribution in [2.24, 2.45) is 11.1 Å². The van der Waals surface area contributed by atoms with Crippen molar-refractivity contribution in [1.29, 1.82) is 0 Å². The van der Waals surface area contributed by atoms with Crippen LogP contribution in [0, 0.1) is 12.3 Å². The standard InChI is InChI=1S/C14H25N5O/c1-8(2)10-18-11(16-6)9(3)12(19-10)17-7-14(4,5)13(15)20/h8H,7H2,1-6H3,(H2,15,20)(H2,16,17,18,19). The summed E-state index contributed by atoms with van der Waals surface area (Å²) >= 11 is 0. The van der Waals surface area contributed by atoms with Gasteiger partial charge >= 0.3 is 0 Å². The molecule has 0 unspecified atom stereocenters. The van der Waals surface area contributed by atoms with Gasteiger partial charge in [-0.1, -0.05) is 13.8 Å². The molecular weight excluding hydrogens is 254 g/mol. The van der Waals surface area contributed by atoms with E-state index in [1.54, 1.807) is 13.8 Å². The summed E-state index contributed by atoms with van der Waals surface area (Å²) in [5.41, 5.74) is 5.68. The van der Waals surface area contributed by atoms with Crippen LogP contribution in [-0.4, -0.2) is 29.5 Å². The van der Waals surface area contributed by atoms with E-state index in [0.29, 0.717) is 6.54 Å². The van der Waals surface area contributed by atoms with Gasteiger partial charge in [0.1, 0.15) is 17.5 Å². The van der Waals surface area contributed by atoms with Crippen LogP contribution < -0.4 is 16.4 Å². The average Bonchev–Trinajstić information content (AvgIpc) is 2.37. The number of aromatic nitrogens is 2. The number of hydrogen-bond acceptors (Lipinski definition) is 5. The first kappa shape index (κ1) is 16.2. The van der Waals surface area contributed by atoms with Crippen molar-refractivity contribution in [1.82, 2.24) is 9.97 Å². The van der Waals surface area contributed by atoms with Gasteiger partial charge in [0.15, 0.2) is 0 Å². The molecule has 1 heterocycles. The van der Waals surface area contributed by atoms with Crippen molar-refractivity contribution >= 4 is 17.5 Å². The Balaban J connectivity index is 3.05. The largest absolute Gasteiger partial charge is 0.373 e. The smallest absolute Gasteiger partial charge is 0.224 e. The highest BCUT2D eigenvalue weighted by molar-refractivity contribution is 5.80. The van der Waals surface area contributed by atoms with Gasteiger partial charge in [-0.15, -0.1) is 0 Å². The molecule has 1 amide bonds. The van der Waals surface area contributed by atoms with Crippen LogP contribution in [0.15, 0.2) is 0 Å². The number of nitrogens with one attached hydrogen (secondary N) is 2. The Kier molecular flexibility index (Phi) is 4.92. The second-order valence-electron chi connectivity index (χ2n) is 5.91. The zero-order valence-electron chi connectivity index (χ0n) is 13.2. The molecule has 1 rings (SSSR count). The third-order valence-corrected chi connectivity index (χ3v) is 3.28. The van der Waals surface area contributed by atoms with E-state index >= 15 is 0 Å². The summed E-state index contributed by atoms with van der Waals surface area (Å²) in [6.07, 6.45) is 0. The highest BCUT2D eigenvalue weighted by Gasteiger charge is 2.25. The van der Waals surface area contributed by atoms with Gasteiger partial charge in [-0.2, -0.15) is 0 Å². The molecule has 0 saturated heterocycles. The summed E-state index contributed by atoms with van der Waals surface area (Å²) in [6, 6.07) is 0. The third-order valence-electron chi connectivity index (χ3n) is 3.28. The Morgan fingerprint density at radius 1 is 1.30 bits per heavy atom. The summed E-state index contributed by atoms with van der Waals surface area (Å²) < 4.78 is 0. The van der Waals surface area contributed by atoms with Crippen molar-refractivity contribution in [2.75, 3.05) is 24.2 Å². The van der Waals surface area contributed by atoms with Crippen LogP contribution in [0.5, 0.6) is 0 Å². The van der Waals surface area contributed by atoms with Gasteiger partial charge in [-0.3, -0.25) is 4.79 Å². The number of anilines is 2. The molecule has 0 aromatic carbocycles. The van der Waals surface area contributed by atoms with Crippen molar-refractivity contribution in [2.45, 2.75) is 40.5 Å². The number of nitrogens with zero attached hydrogens (tertiary/aromatic N) is 2. The Morgan fingerprint density at radius 2 is 1.85 bits per heavy atom. The Bertz CT molecular complexity index is 497. The first-order valence-corrected chi connectivity index (χ1v) is 6.79. The van der Waals surface area contributed by atoms with Crippen molar-refractivity contribution in [3.63, 3.8) is 0 Å². The summed E-state index contributed by atoms with van der Waals surface area (Å²) in [5.74, 6) is 2.19. The Morgan fingerprint density at radius 3 is 2.30 bits per heavy atom. The number of primary amides is 1. The van der Waals surface area contributed by atoms with E-state index in [1.165, 1.54) is 0 Å². The minimum Gasteiger partial charge on any atom is -0.373 e. The highest BCUT2D eigenvalue weighted by Crippen LogP contribution is 2.24. The fourth-order valence-electron chi connectivity index (χ4n) is 1.60. The number of carbonyl (C=O) groups excluding carboxylic acids is 1. The van der Waals surface area contributed by atoms with E-state index in [4.69, 9.17) is 5.73 Å². The molecular formula is C14H25N5O. The van der Waals surface area contributed by atoms with E-state index in [2.05, 4.69) is 20.6 Å². The average molecular weight is 279 g/mol. The van der Waals surface area contributed by atoms with Crippen LogP contribution in [0.1, 0.15) is 45.0 Å². The minimum absolute atomic E-state index is 0.229. The van der Waals surface area contributed by atoms with Gasteiger partial charge in [0.05, 0.1) is 5.41 Å². The van der Waals surface area contributed by atoms with Crippen LogP contribution in [0.25, 0.3) is 0 Å². The molecule has 1 aromatic rings. The van der Waals surface area contributed by atoms with Gasteiger partial charge in [0.25, 0.3) is 0 Å². The van der Waals surface area contributed by atoms with Crippen LogP contribution in [-0.2, 0) is 4.79 Å². The fourth-order valence-corrected chi connectivity index (χ4v) is 1.60. The first-order chi connectivity index (χ1) is 9.19. The SMILES string of the molecule is CNc1nc(C(C)C)nc(NCC(C)(C)C(N)=O)c1C. The second kappa shape index (κ2) is 6.07. The van der Waals surface area contributed by atoms with Gasteiger partial charge in [0.2, 0.25) is 5.91 Å². The molecule has 20 heavy (non-hydrogen) atoms. The van der Waals surface area contributed by atoms with Crippen molar-refractivity contribution < 1.29 is 4.79 Å². The predicted octanol–water partition coefficient (Wildman–Crippen LogP) is 1.87. The monoisotopic (exact) mass is 279 g/mol. The van der Waals surface area contributed by atoms with Gasteiger partial charge in [-0.25, -0.2) is 9.97 Å². The molecule has 0 fully saturated rings. The predicted molar refractivity (Wildman–Crippen MR) is 81.9 cm³/mol. The van der Waals surface area contributed by atoms with Crippen LogP contribution >= 0.6 is 0 Å². The molecule has 0 aliphatic carbocycles. The van der Waals surface area contributed by atoms with Gasteiger partial charge < -0.3 is 16.4 Å². The van der Waals surface area contributed by atoms with E-state index in [1.807, 2.05) is 27.8 Å². The molecule has 6 heteroatoms. The van der Waals surface area contributed by atoms with Crippen LogP contribution in [0.3, 0.4) is 0 Å². The fraction of sp³-hybridized carbons (Fsp3) is 0.643. The third kappa shape index (κ3) is 3.59. The summed E-state index contributed by atoms with van der Waals surface area (Å²) in [5, 5.41) is 6.28. The second-order valence-corrected chi connectivity index (χ2v) is 5.91. The van der Waals surface area contributed by atoms with E-state index in [-0.39, 0.29) is 11.8 Å². The summed E-state index contributed by atoms with van der Waals surface area (Å²) in [6.45, 7) is 10.1. The molecule has 0 radical (unpaired) electrons. The Hall–Kier alpha value is -1.85. The molecule has 112 valence electrons. The molecule has 0 saturated carbocycles. The molecule has 0 spiro atoms. The van der Waals surface area contributed by atoms with Crippen molar-refractivity contribution in [3.8, 4) is 0 Å². The lowest BCUT2D eigenvalue weighted by Crippen LogP contribution is -2.37. The van der Waals surface area contributed by atoms with E-state index < -0.39 is 5.41 Å². The zero-order chi connectivity index (χ0) is 15.5. The van der Waals surface area contributed by atoms with E-state index in [9.17, 15) is 4.79 Å². The lowest BCUT2D eigenvalue weighted by Gasteiger charge is -2.22. The van der Waals surface area contributed by atoms with Gasteiger partial charge in [0, 0.05) is 25.1 Å². The van der Waals surface area contributed by atoms with Crippen molar-refractivity contribution in [3.05, 3.63) is 11.4 Å². The maximum absolute atomic E-state index is 11.4. The normalized spacial score (nSPS) is 11.6. The maximum Gasteiger partial charge on any atom is 0.224 e. The maximum atomic E-state index is 11.4. The number of hydrogen-bond donors (Lipinski definition) is 3. The number of amides is 1. The topological polar surface area (TPSA) is 92.9 Å². The molecule has 6 nitrogen and oxygen atoms in total. The molecule has 1 aromatic heterocycles. The molecule has 0 aliphatic heterocycles. The number of carbonyl (C=O) groups is 1. The quantitative estimate of drug-likeness (QED) is 0.739. The minimum atomic E-state index is -0.630. The summed E-state index contributed by atoms with van der Waals surface area (Å²) in [7, 11) is 1.83. The Labute approximate surface area is 120 Å². The number of nitrogens with two attached hydrogens (primary N) is 1. The highest BCUT2D eigenvalue weighted by atomic mass is 16.1. The summed E-state index contributed by atoms with van der Waals surface area (Å²) in [4.78, 5) is 20.4. The van der Waals surface area contributed by atoms with Crippen LogP contribution in [0.2, 0.25) is 0 Å². The zero-order valence-corrected chi connectivity index (χ0v) is 13.2. The molecule has 0 bridgehead atoms. The number of rotatable bonds is 6. The molecule has 4 N–H and O–H groups in total.